The fourth-order valence-electron chi connectivity index (χ4n) is 3.12. The van der Waals surface area contributed by atoms with Gasteiger partial charge in [-0.1, -0.05) is 18.0 Å². The molecule has 0 saturated carbocycles. The van der Waals surface area contributed by atoms with Gasteiger partial charge in [-0.2, -0.15) is 0 Å². The van der Waals surface area contributed by atoms with E-state index < -0.39 is 0 Å². The summed E-state index contributed by atoms with van der Waals surface area (Å²) in [6, 6.07) is 4.92. The summed E-state index contributed by atoms with van der Waals surface area (Å²) >= 11 is 6.05. The van der Waals surface area contributed by atoms with Crippen LogP contribution in [0.15, 0.2) is 18.2 Å². The molecule has 2 rings (SSSR count). The van der Waals surface area contributed by atoms with E-state index in [1.807, 2.05) is 7.05 Å². The van der Waals surface area contributed by atoms with Gasteiger partial charge in [0.15, 0.2) is 0 Å². The zero-order chi connectivity index (χ0) is 15.1. The first-order valence-corrected chi connectivity index (χ1v) is 8.40. The molecule has 1 heterocycles. The molecule has 118 valence electrons. The standard InChI is InChI=1S/C17H26ClFN2/c1-20-9-7-14(8-12-21-10-3-2-4-11-21)16-13-15(18)5-6-17(16)19/h5-6,13-14,20H,2-4,7-12H2,1H3/t14-/m1/s1. The smallest absolute Gasteiger partial charge is 0.126 e. The molecular weight excluding hydrogens is 287 g/mol. The Morgan fingerprint density at radius 2 is 2.00 bits per heavy atom. The molecule has 2 nitrogen and oxygen atoms in total. The maximum absolute atomic E-state index is 14.1. The second kappa shape index (κ2) is 8.72. The first-order chi connectivity index (χ1) is 10.2. The zero-order valence-corrected chi connectivity index (χ0v) is 13.6. The van der Waals surface area contributed by atoms with Gasteiger partial charge in [0.2, 0.25) is 0 Å². The lowest BCUT2D eigenvalue weighted by Gasteiger charge is -2.28. The van der Waals surface area contributed by atoms with Crippen LogP contribution in [0.1, 0.15) is 43.6 Å². The molecule has 0 amide bonds. The first-order valence-electron chi connectivity index (χ1n) is 8.02. The number of nitrogens with zero attached hydrogens (tertiary/aromatic N) is 1. The van der Waals surface area contributed by atoms with Crippen molar-refractivity contribution in [2.75, 3.05) is 33.2 Å². The Bertz CT molecular complexity index is 433. The maximum atomic E-state index is 14.1. The number of hydrogen-bond acceptors (Lipinski definition) is 2. The van der Waals surface area contributed by atoms with Crippen LogP contribution in [0.5, 0.6) is 0 Å². The number of benzene rings is 1. The second-order valence-corrected chi connectivity index (χ2v) is 6.38. The highest BCUT2D eigenvalue weighted by atomic mass is 35.5. The van der Waals surface area contributed by atoms with E-state index in [9.17, 15) is 4.39 Å². The Morgan fingerprint density at radius 3 is 2.71 bits per heavy atom. The molecule has 1 atom stereocenters. The number of piperidine rings is 1. The van der Waals surface area contributed by atoms with Crippen molar-refractivity contribution in [3.05, 3.63) is 34.6 Å². The van der Waals surface area contributed by atoms with Crippen LogP contribution >= 0.6 is 11.6 Å². The van der Waals surface area contributed by atoms with Gasteiger partial charge in [-0.05, 0) is 88.6 Å². The summed E-state index contributed by atoms with van der Waals surface area (Å²) in [7, 11) is 1.94. The van der Waals surface area contributed by atoms with E-state index in [4.69, 9.17) is 11.6 Å². The van der Waals surface area contributed by atoms with Crippen molar-refractivity contribution < 1.29 is 4.39 Å². The second-order valence-electron chi connectivity index (χ2n) is 5.95. The van der Waals surface area contributed by atoms with Gasteiger partial charge in [-0.15, -0.1) is 0 Å². The normalized spacial score (nSPS) is 17.9. The summed E-state index contributed by atoms with van der Waals surface area (Å²) in [6.07, 6.45) is 5.89. The minimum atomic E-state index is -0.126. The monoisotopic (exact) mass is 312 g/mol. The summed E-state index contributed by atoms with van der Waals surface area (Å²) in [6.45, 7) is 4.34. The molecule has 1 aromatic carbocycles. The molecule has 1 aromatic rings. The Morgan fingerprint density at radius 1 is 1.24 bits per heavy atom. The van der Waals surface area contributed by atoms with Gasteiger partial charge in [-0.3, -0.25) is 0 Å². The highest BCUT2D eigenvalue weighted by Crippen LogP contribution is 2.29. The quantitative estimate of drug-likeness (QED) is 0.817. The van der Waals surface area contributed by atoms with E-state index in [0.717, 1.165) is 31.5 Å². The summed E-state index contributed by atoms with van der Waals surface area (Å²) in [5.74, 6) is 0.109. The van der Waals surface area contributed by atoms with Gasteiger partial charge in [-0.25, -0.2) is 4.39 Å². The maximum Gasteiger partial charge on any atom is 0.126 e. The van der Waals surface area contributed by atoms with Gasteiger partial charge in [0, 0.05) is 5.02 Å². The van der Waals surface area contributed by atoms with Gasteiger partial charge < -0.3 is 10.2 Å². The molecule has 0 bridgehead atoms. The van der Waals surface area contributed by atoms with Gasteiger partial charge in [0.25, 0.3) is 0 Å². The third-order valence-electron chi connectivity index (χ3n) is 4.38. The summed E-state index contributed by atoms with van der Waals surface area (Å²) in [4.78, 5) is 2.51. The van der Waals surface area contributed by atoms with E-state index in [-0.39, 0.29) is 11.7 Å². The van der Waals surface area contributed by atoms with Crippen molar-refractivity contribution in [1.82, 2.24) is 10.2 Å². The van der Waals surface area contributed by atoms with Crippen LogP contribution in [-0.2, 0) is 0 Å². The SMILES string of the molecule is CNCC[C@H](CCN1CCCCC1)c1cc(Cl)ccc1F. The van der Waals surface area contributed by atoms with Crippen molar-refractivity contribution in [1.29, 1.82) is 0 Å². The summed E-state index contributed by atoms with van der Waals surface area (Å²) in [5.41, 5.74) is 0.773. The fraction of sp³-hybridized carbons (Fsp3) is 0.647. The van der Waals surface area contributed by atoms with Gasteiger partial charge in [0.1, 0.15) is 5.82 Å². The Kier molecular flexibility index (Phi) is 6.94. The van der Waals surface area contributed by atoms with Crippen molar-refractivity contribution in [2.24, 2.45) is 0 Å². The molecule has 0 unspecified atom stereocenters. The van der Waals surface area contributed by atoms with Crippen molar-refractivity contribution >= 4 is 11.6 Å². The topological polar surface area (TPSA) is 15.3 Å². The van der Waals surface area contributed by atoms with Crippen molar-refractivity contribution in [3.8, 4) is 0 Å². The average molecular weight is 313 g/mol. The van der Waals surface area contributed by atoms with Crippen LogP contribution in [0.2, 0.25) is 5.02 Å². The lowest BCUT2D eigenvalue weighted by molar-refractivity contribution is 0.219. The highest BCUT2D eigenvalue weighted by molar-refractivity contribution is 6.30. The largest absolute Gasteiger partial charge is 0.320 e. The summed E-state index contributed by atoms with van der Waals surface area (Å²) < 4.78 is 14.1. The lowest BCUT2D eigenvalue weighted by Crippen LogP contribution is -2.31. The molecule has 0 radical (unpaired) electrons. The van der Waals surface area contributed by atoms with Crippen molar-refractivity contribution in [3.63, 3.8) is 0 Å². The Hall–Kier alpha value is -0.640. The molecular formula is C17H26ClFN2. The lowest BCUT2D eigenvalue weighted by atomic mass is 9.91. The Labute approximate surface area is 132 Å². The minimum Gasteiger partial charge on any atom is -0.320 e. The predicted molar refractivity (Wildman–Crippen MR) is 87.6 cm³/mol. The van der Waals surface area contributed by atoms with Crippen LogP contribution in [0.4, 0.5) is 4.39 Å². The molecule has 21 heavy (non-hydrogen) atoms. The van der Waals surface area contributed by atoms with Gasteiger partial charge >= 0.3 is 0 Å². The average Bonchev–Trinajstić information content (AvgIpc) is 2.51. The molecule has 1 saturated heterocycles. The third kappa shape index (κ3) is 5.24. The van der Waals surface area contributed by atoms with E-state index in [2.05, 4.69) is 10.2 Å². The van der Waals surface area contributed by atoms with Crippen molar-refractivity contribution in [2.45, 2.75) is 38.0 Å². The van der Waals surface area contributed by atoms with Gasteiger partial charge in [0.05, 0.1) is 0 Å². The molecule has 1 N–H and O–H groups in total. The number of nitrogens with one attached hydrogen (secondary N) is 1. The number of rotatable bonds is 7. The van der Waals surface area contributed by atoms with Crippen LogP contribution in [0.25, 0.3) is 0 Å². The molecule has 1 fully saturated rings. The van der Waals surface area contributed by atoms with E-state index in [0.29, 0.717) is 5.02 Å². The third-order valence-corrected chi connectivity index (χ3v) is 4.62. The molecule has 1 aliphatic rings. The number of hydrogen-bond donors (Lipinski definition) is 1. The van der Waals surface area contributed by atoms with Crippen LogP contribution in [0.3, 0.4) is 0 Å². The number of likely N-dealkylation sites (tertiary alicyclic amines) is 1. The fourth-order valence-corrected chi connectivity index (χ4v) is 3.30. The number of halogens is 2. The first kappa shape index (κ1) is 16.7. The molecule has 0 aliphatic carbocycles. The highest BCUT2D eigenvalue weighted by Gasteiger charge is 2.18. The molecule has 4 heteroatoms. The zero-order valence-electron chi connectivity index (χ0n) is 12.9. The molecule has 0 spiro atoms. The van der Waals surface area contributed by atoms with E-state index in [1.165, 1.54) is 38.4 Å². The minimum absolute atomic E-state index is 0.126. The van der Waals surface area contributed by atoms with Crippen LogP contribution in [-0.4, -0.2) is 38.1 Å². The molecule has 1 aliphatic heterocycles. The van der Waals surface area contributed by atoms with Crippen LogP contribution < -0.4 is 5.32 Å². The summed E-state index contributed by atoms with van der Waals surface area (Å²) in [5, 5.41) is 3.79. The Balaban J connectivity index is 2.00. The van der Waals surface area contributed by atoms with E-state index in [1.54, 1.807) is 12.1 Å². The van der Waals surface area contributed by atoms with E-state index >= 15 is 0 Å². The predicted octanol–water partition coefficient (Wildman–Crippen LogP) is 4.05. The molecule has 0 aromatic heterocycles. The van der Waals surface area contributed by atoms with Crippen LogP contribution in [0, 0.1) is 5.82 Å².